The van der Waals surface area contributed by atoms with Crippen LogP contribution in [-0.2, 0) is 13.6 Å². The molecule has 1 N–H and O–H groups in total. The van der Waals surface area contributed by atoms with Crippen LogP contribution in [0.3, 0.4) is 0 Å². The summed E-state index contributed by atoms with van der Waals surface area (Å²) in [5, 5.41) is 9.21. The molecule has 0 saturated carbocycles. The van der Waals surface area contributed by atoms with E-state index in [0.29, 0.717) is 12.5 Å². The highest BCUT2D eigenvalue weighted by molar-refractivity contribution is 6.64. The summed E-state index contributed by atoms with van der Waals surface area (Å²) in [7, 11) is -2.29. The Morgan fingerprint density at radius 3 is 1.46 bits per heavy atom. The third-order valence-corrected chi connectivity index (χ3v) is 11.6. The lowest BCUT2D eigenvalue weighted by Crippen LogP contribution is -2.41. The molecule has 0 aromatic carbocycles. The standard InChI is InChI=1S/C42H89NO4Si/c1-7-11-15-19-21-25-33-41(32-24-17-13-9-3)40-46-48(5,6)47-42(34-26-20-16-12-8-2)45-39-31-23-22-28-36-43(37-29-30-38-44)35-27-18-14-10-4/h41-42,44H,7-40H2,1-6H3. The van der Waals surface area contributed by atoms with E-state index in [9.17, 15) is 5.11 Å². The van der Waals surface area contributed by atoms with Crippen LogP contribution in [0.5, 0.6) is 0 Å². The second kappa shape index (κ2) is 36.8. The molecule has 2 unspecified atom stereocenters. The average Bonchev–Trinajstić information content (AvgIpc) is 3.07. The molecule has 5 nitrogen and oxygen atoms in total. The smallest absolute Gasteiger partial charge is 0.333 e. The fourth-order valence-electron chi connectivity index (χ4n) is 6.69. The first-order valence-corrected chi connectivity index (χ1v) is 24.5. The van der Waals surface area contributed by atoms with Crippen LogP contribution >= 0.6 is 0 Å². The van der Waals surface area contributed by atoms with Crippen molar-refractivity contribution in [1.82, 2.24) is 4.90 Å². The van der Waals surface area contributed by atoms with Gasteiger partial charge in [-0.2, -0.15) is 0 Å². The third-order valence-electron chi connectivity index (χ3n) is 9.94. The molecule has 0 aliphatic rings. The van der Waals surface area contributed by atoms with Gasteiger partial charge in [-0.15, -0.1) is 0 Å². The van der Waals surface area contributed by atoms with Crippen LogP contribution in [0.15, 0.2) is 0 Å². The fourth-order valence-corrected chi connectivity index (χ4v) is 8.22. The monoisotopic (exact) mass is 700 g/mol. The van der Waals surface area contributed by atoms with Crippen LogP contribution in [0, 0.1) is 5.92 Å². The Labute approximate surface area is 303 Å². The van der Waals surface area contributed by atoms with Crippen molar-refractivity contribution in [1.29, 1.82) is 0 Å². The van der Waals surface area contributed by atoms with E-state index in [-0.39, 0.29) is 6.29 Å². The second-order valence-corrected chi connectivity index (χ2v) is 18.7. The number of rotatable bonds is 40. The van der Waals surface area contributed by atoms with Crippen LogP contribution < -0.4 is 0 Å². The lowest BCUT2D eigenvalue weighted by molar-refractivity contribution is -0.105. The number of hydrogen-bond acceptors (Lipinski definition) is 5. The summed E-state index contributed by atoms with van der Waals surface area (Å²) in [6.07, 6.45) is 35.6. The normalized spacial score (nSPS) is 13.5. The number of aliphatic hydroxyl groups excluding tert-OH is 1. The van der Waals surface area contributed by atoms with E-state index in [0.717, 1.165) is 45.4 Å². The third kappa shape index (κ3) is 33.2. The zero-order valence-corrected chi connectivity index (χ0v) is 34.8. The lowest BCUT2D eigenvalue weighted by Gasteiger charge is -2.31. The zero-order valence-electron chi connectivity index (χ0n) is 33.8. The van der Waals surface area contributed by atoms with Gasteiger partial charge >= 0.3 is 8.56 Å². The molecule has 0 amide bonds. The minimum absolute atomic E-state index is 0.125. The van der Waals surface area contributed by atoms with Crippen LogP contribution in [-0.4, -0.2) is 64.3 Å². The molecule has 0 saturated heterocycles. The Morgan fingerprint density at radius 1 is 0.500 bits per heavy atom. The second-order valence-electron chi connectivity index (χ2n) is 15.4. The van der Waals surface area contributed by atoms with Gasteiger partial charge in [0.1, 0.15) is 6.29 Å². The molecule has 0 rings (SSSR count). The number of aliphatic hydroxyl groups is 1. The molecular formula is C42H89NO4Si. The lowest BCUT2D eigenvalue weighted by atomic mass is 9.95. The summed E-state index contributed by atoms with van der Waals surface area (Å²) < 4.78 is 19.9. The van der Waals surface area contributed by atoms with Crippen LogP contribution in [0.4, 0.5) is 0 Å². The van der Waals surface area contributed by atoms with Crippen molar-refractivity contribution in [3.05, 3.63) is 0 Å². The Hall–Kier alpha value is 0.0169. The highest BCUT2D eigenvalue weighted by Gasteiger charge is 2.30. The van der Waals surface area contributed by atoms with Crippen molar-refractivity contribution >= 4 is 8.56 Å². The summed E-state index contributed by atoms with van der Waals surface area (Å²) in [4.78, 5) is 2.64. The summed E-state index contributed by atoms with van der Waals surface area (Å²) in [6.45, 7) is 19.2. The van der Waals surface area contributed by atoms with Gasteiger partial charge in [-0.3, -0.25) is 0 Å². The maximum Gasteiger partial charge on any atom is 0.333 e. The molecular weight excluding hydrogens is 611 g/mol. The number of nitrogens with zero attached hydrogens (tertiary/aromatic N) is 1. The van der Waals surface area contributed by atoms with Crippen molar-refractivity contribution in [3.8, 4) is 0 Å². The van der Waals surface area contributed by atoms with Gasteiger partial charge in [0.25, 0.3) is 0 Å². The van der Waals surface area contributed by atoms with Crippen LogP contribution in [0.1, 0.15) is 207 Å². The first kappa shape index (κ1) is 48.0. The molecule has 0 bridgehead atoms. The quantitative estimate of drug-likeness (QED) is 0.0392. The molecule has 290 valence electrons. The predicted octanol–water partition coefficient (Wildman–Crippen LogP) is 13.0. The molecule has 0 heterocycles. The number of ether oxygens (including phenoxy) is 1. The van der Waals surface area contributed by atoms with E-state index < -0.39 is 8.56 Å². The Bertz CT molecular complexity index is 622. The summed E-state index contributed by atoms with van der Waals surface area (Å²) >= 11 is 0. The maximum absolute atomic E-state index is 9.21. The topological polar surface area (TPSA) is 51.2 Å². The van der Waals surface area contributed by atoms with E-state index in [1.807, 2.05) is 0 Å². The van der Waals surface area contributed by atoms with Gasteiger partial charge < -0.3 is 23.6 Å². The van der Waals surface area contributed by atoms with Gasteiger partial charge in [0.15, 0.2) is 0 Å². The van der Waals surface area contributed by atoms with Gasteiger partial charge in [0.2, 0.25) is 0 Å². The Balaban J connectivity index is 4.77. The van der Waals surface area contributed by atoms with Crippen molar-refractivity contribution in [2.75, 3.05) is 39.5 Å². The summed E-state index contributed by atoms with van der Waals surface area (Å²) in [6, 6.07) is 0. The van der Waals surface area contributed by atoms with Gasteiger partial charge in [-0.1, -0.05) is 150 Å². The average molecular weight is 700 g/mol. The molecule has 0 aliphatic heterocycles. The highest BCUT2D eigenvalue weighted by atomic mass is 28.4. The number of unbranched alkanes of at least 4 members (excludes halogenated alkanes) is 19. The highest BCUT2D eigenvalue weighted by Crippen LogP contribution is 2.23. The Morgan fingerprint density at radius 2 is 0.917 bits per heavy atom. The van der Waals surface area contributed by atoms with Crippen LogP contribution in [0.2, 0.25) is 13.1 Å². The molecule has 0 aromatic heterocycles. The van der Waals surface area contributed by atoms with Gasteiger partial charge in [-0.25, -0.2) is 0 Å². The van der Waals surface area contributed by atoms with Crippen molar-refractivity contribution in [3.63, 3.8) is 0 Å². The number of hydrogen-bond donors (Lipinski definition) is 1. The maximum atomic E-state index is 9.21. The van der Waals surface area contributed by atoms with E-state index >= 15 is 0 Å². The molecule has 6 heteroatoms. The molecule has 48 heavy (non-hydrogen) atoms. The van der Waals surface area contributed by atoms with E-state index in [4.69, 9.17) is 13.6 Å². The SMILES string of the molecule is CCCCCCCCC(CCCCCC)CO[Si](C)(C)OC(CCCCCCC)OCCCCCCN(CCCCO)CCCCCC. The predicted molar refractivity (Wildman–Crippen MR) is 213 cm³/mol. The van der Waals surface area contributed by atoms with Gasteiger partial charge in [0, 0.05) is 19.8 Å². The molecule has 2 atom stereocenters. The van der Waals surface area contributed by atoms with E-state index in [1.54, 1.807) is 0 Å². The minimum Gasteiger partial charge on any atom is -0.396 e. The molecule has 0 fully saturated rings. The first-order valence-electron chi connectivity index (χ1n) is 21.7. The Kier molecular flexibility index (Phi) is 36.8. The molecule has 0 radical (unpaired) electrons. The van der Waals surface area contributed by atoms with Gasteiger partial charge in [-0.05, 0) is 96.4 Å². The minimum atomic E-state index is -2.29. The zero-order chi connectivity index (χ0) is 35.4. The van der Waals surface area contributed by atoms with E-state index in [2.05, 4.69) is 45.7 Å². The summed E-state index contributed by atoms with van der Waals surface area (Å²) in [5.74, 6) is 0.666. The first-order chi connectivity index (χ1) is 23.4. The van der Waals surface area contributed by atoms with Crippen molar-refractivity contribution in [2.24, 2.45) is 5.92 Å². The summed E-state index contributed by atoms with van der Waals surface area (Å²) in [5.41, 5.74) is 0. The molecule has 0 aliphatic carbocycles. The molecule has 0 spiro atoms. The fraction of sp³-hybridized carbons (Fsp3) is 1.00. The van der Waals surface area contributed by atoms with Gasteiger partial charge in [0.05, 0.1) is 0 Å². The van der Waals surface area contributed by atoms with E-state index in [1.165, 1.54) is 167 Å². The van der Waals surface area contributed by atoms with Crippen molar-refractivity contribution < 1.29 is 18.7 Å². The molecule has 0 aromatic rings. The van der Waals surface area contributed by atoms with Crippen molar-refractivity contribution in [2.45, 2.75) is 227 Å². The largest absolute Gasteiger partial charge is 0.396 e. The van der Waals surface area contributed by atoms with Crippen LogP contribution in [0.25, 0.3) is 0 Å².